The maximum atomic E-state index is 3.65. The highest BCUT2D eigenvalue weighted by Crippen LogP contribution is 2.20. The van der Waals surface area contributed by atoms with Crippen molar-refractivity contribution in [3.8, 4) is 0 Å². The van der Waals surface area contributed by atoms with Crippen LogP contribution in [0.2, 0.25) is 0 Å². The van der Waals surface area contributed by atoms with Gasteiger partial charge in [0.15, 0.2) is 0 Å². The molecule has 0 bridgehead atoms. The van der Waals surface area contributed by atoms with Crippen LogP contribution < -0.4 is 10.2 Å². The van der Waals surface area contributed by atoms with Gasteiger partial charge in [0.25, 0.3) is 0 Å². The largest absolute Gasteiger partial charge is 0.369 e. The summed E-state index contributed by atoms with van der Waals surface area (Å²) in [5.74, 6) is 0. The summed E-state index contributed by atoms with van der Waals surface area (Å²) in [6.45, 7) is 6.89. The van der Waals surface area contributed by atoms with Crippen LogP contribution in [-0.4, -0.2) is 25.2 Å². The minimum Gasteiger partial charge on any atom is -0.369 e. The highest BCUT2D eigenvalue weighted by molar-refractivity contribution is 5.46. The molecular weight excluding hydrogens is 220 g/mol. The van der Waals surface area contributed by atoms with E-state index in [-0.39, 0.29) is 0 Å². The van der Waals surface area contributed by atoms with Crippen molar-refractivity contribution in [3.63, 3.8) is 0 Å². The Morgan fingerprint density at radius 3 is 2.67 bits per heavy atom. The van der Waals surface area contributed by atoms with E-state index in [9.17, 15) is 0 Å². The van der Waals surface area contributed by atoms with Gasteiger partial charge in [-0.2, -0.15) is 0 Å². The van der Waals surface area contributed by atoms with Gasteiger partial charge >= 0.3 is 0 Å². The van der Waals surface area contributed by atoms with Gasteiger partial charge in [-0.3, -0.25) is 0 Å². The molecule has 1 aliphatic heterocycles. The van der Waals surface area contributed by atoms with Gasteiger partial charge in [0.05, 0.1) is 0 Å². The first-order chi connectivity index (χ1) is 8.81. The second kappa shape index (κ2) is 6.79. The van der Waals surface area contributed by atoms with Crippen molar-refractivity contribution in [3.05, 3.63) is 30.3 Å². The normalized spacial score (nSPS) is 21.6. The molecule has 0 amide bonds. The summed E-state index contributed by atoms with van der Waals surface area (Å²) in [7, 11) is 0. The van der Waals surface area contributed by atoms with Gasteiger partial charge in [-0.1, -0.05) is 24.6 Å². The van der Waals surface area contributed by atoms with Crippen LogP contribution in [0.15, 0.2) is 30.3 Å². The predicted octanol–water partition coefficient (Wildman–Crippen LogP) is 3.43. The predicted molar refractivity (Wildman–Crippen MR) is 79.2 cm³/mol. The number of piperidine rings is 1. The van der Waals surface area contributed by atoms with Gasteiger partial charge in [0.2, 0.25) is 0 Å². The Morgan fingerprint density at radius 2 is 2.06 bits per heavy atom. The molecule has 100 valence electrons. The Balaban J connectivity index is 1.94. The van der Waals surface area contributed by atoms with E-state index in [2.05, 4.69) is 54.4 Å². The second-order valence-corrected chi connectivity index (χ2v) is 5.35. The van der Waals surface area contributed by atoms with Crippen molar-refractivity contribution in [2.45, 2.75) is 51.6 Å². The summed E-state index contributed by atoms with van der Waals surface area (Å²) in [6.07, 6.45) is 5.34. The van der Waals surface area contributed by atoms with Crippen molar-refractivity contribution < 1.29 is 0 Å². The molecule has 1 aromatic carbocycles. The topological polar surface area (TPSA) is 15.3 Å². The maximum Gasteiger partial charge on any atom is 0.0368 e. The van der Waals surface area contributed by atoms with E-state index >= 15 is 0 Å². The molecule has 1 heterocycles. The van der Waals surface area contributed by atoms with Gasteiger partial charge in [0, 0.05) is 24.3 Å². The number of nitrogens with zero attached hydrogens (tertiary/aromatic N) is 1. The lowest BCUT2D eigenvalue weighted by atomic mass is 9.98. The molecular formula is C16H26N2. The molecule has 1 aliphatic rings. The smallest absolute Gasteiger partial charge is 0.0368 e. The minimum atomic E-state index is 0.605. The summed E-state index contributed by atoms with van der Waals surface area (Å²) in [6, 6.07) is 12.1. The third-order valence-electron chi connectivity index (χ3n) is 4.00. The van der Waals surface area contributed by atoms with Crippen molar-refractivity contribution in [2.24, 2.45) is 0 Å². The van der Waals surface area contributed by atoms with E-state index in [0.29, 0.717) is 12.1 Å². The molecule has 2 atom stereocenters. The van der Waals surface area contributed by atoms with Gasteiger partial charge < -0.3 is 10.2 Å². The van der Waals surface area contributed by atoms with Crippen LogP contribution in [0.1, 0.15) is 39.5 Å². The average molecular weight is 246 g/mol. The van der Waals surface area contributed by atoms with Crippen LogP contribution in [-0.2, 0) is 0 Å². The number of benzene rings is 1. The third kappa shape index (κ3) is 3.49. The Morgan fingerprint density at radius 1 is 1.28 bits per heavy atom. The Bertz CT molecular complexity index is 330. The number of anilines is 1. The average Bonchev–Trinajstić information content (AvgIpc) is 2.42. The highest BCUT2D eigenvalue weighted by atomic mass is 15.2. The monoisotopic (exact) mass is 246 g/mol. The molecule has 0 aromatic heterocycles. The van der Waals surface area contributed by atoms with E-state index in [1.807, 2.05) is 0 Å². The Kier molecular flexibility index (Phi) is 5.06. The molecule has 2 unspecified atom stereocenters. The summed E-state index contributed by atoms with van der Waals surface area (Å²) in [5, 5.41) is 3.65. The fraction of sp³-hybridized carbons (Fsp3) is 0.625. The minimum absolute atomic E-state index is 0.605. The number of hydrogen-bond acceptors (Lipinski definition) is 2. The van der Waals surface area contributed by atoms with E-state index in [4.69, 9.17) is 0 Å². The summed E-state index contributed by atoms with van der Waals surface area (Å²) in [4.78, 5) is 2.51. The first-order valence-corrected chi connectivity index (χ1v) is 7.36. The lowest BCUT2D eigenvalue weighted by Crippen LogP contribution is -2.42. The highest BCUT2D eigenvalue weighted by Gasteiger charge is 2.19. The molecule has 0 radical (unpaired) electrons. The van der Waals surface area contributed by atoms with Crippen molar-refractivity contribution >= 4 is 5.69 Å². The summed E-state index contributed by atoms with van der Waals surface area (Å²) < 4.78 is 0. The Hall–Kier alpha value is -1.02. The van der Waals surface area contributed by atoms with E-state index in [0.717, 1.165) is 6.54 Å². The summed E-state index contributed by atoms with van der Waals surface area (Å²) in [5.41, 5.74) is 1.35. The molecule has 0 saturated carbocycles. The first kappa shape index (κ1) is 13.4. The molecule has 1 saturated heterocycles. The molecule has 1 aromatic rings. The fourth-order valence-corrected chi connectivity index (χ4v) is 3.03. The van der Waals surface area contributed by atoms with E-state index < -0.39 is 0 Å². The first-order valence-electron chi connectivity index (χ1n) is 7.36. The molecule has 2 rings (SSSR count). The van der Waals surface area contributed by atoms with Crippen LogP contribution in [0, 0.1) is 0 Å². The zero-order valence-electron chi connectivity index (χ0n) is 11.7. The molecule has 1 N–H and O–H groups in total. The lowest BCUT2D eigenvalue weighted by molar-refractivity contribution is 0.360. The van der Waals surface area contributed by atoms with Crippen LogP contribution in [0.5, 0.6) is 0 Å². The van der Waals surface area contributed by atoms with Gasteiger partial charge in [0.1, 0.15) is 0 Å². The quantitative estimate of drug-likeness (QED) is 0.856. The molecule has 2 heteroatoms. The van der Waals surface area contributed by atoms with E-state index in [1.54, 1.807) is 0 Å². The van der Waals surface area contributed by atoms with Crippen molar-refractivity contribution in [1.82, 2.24) is 5.32 Å². The molecule has 0 aliphatic carbocycles. The van der Waals surface area contributed by atoms with Gasteiger partial charge in [-0.05, 0) is 51.8 Å². The van der Waals surface area contributed by atoms with Gasteiger partial charge in [-0.15, -0.1) is 0 Å². The van der Waals surface area contributed by atoms with Gasteiger partial charge in [-0.25, -0.2) is 0 Å². The second-order valence-electron chi connectivity index (χ2n) is 5.35. The molecule has 1 fully saturated rings. The standard InChI is InChI=1S/C16H26N2/c1-3-18(16-10-5-4-6-11-16)14(2)13-15-9-7-8-12-17-15/h4-6,10-11,14-15,17H,3,7-9,12-13H2,1-2H3. The van der Waals surface area contributed by atoms with Crippen LogP contribution in [0.4, 0.5) is 5.69 Å². The molecule has 18 heavy (non-hydrogen) atoms. The van der Waals surface area contributed by atoms with E-state index in [1.165, 1.54) is 37.9 Å². The number of rotatable bonds is 5. The van der Waals surface area contributed by atoms with Crippen LogP contribution in [0.25, 0.3) is 0 Å². The SMILES string of the molecule is CCN(c1ccccc1)C(C)CC1CCCCN1. The third-order valence-corrected chi connectivity index (χ3v) is 4.00. The zero-order chi connectivity index (χ0) is 12.8. The van der Waals surface area contributed by atoms with Crippen molar-refractivity contribution in [2.75, 3.05) is 18.0 Å². The number of nitrogens with one attached hydrogen (secondary N) is 1. The van der Waals surface area contributed by atoms with Crippen molar-refractivity contribution in [1.29, 1.82) is 0 Å². The lowest BCUT2D eigenvalue weighted by Gasteiger charge is -2.34. The summed E-state index contributed by atoms with van der Waals surface area (Å²) >= 11 is 0. The van der Waals surface area contributed by atoms with Crippen LogP contribution >= 0.6 is 0 Å². The fourth-order valence-electron chi connectivity index (χ4n) is 3.03. The number of para-hydroxylation sites is 1. The van der Waals surface area contributed by atoms with Crippen LogP contribution in [0.3, 0.4) is 0 Å². The zero-order valence-corrected chi connectivity index (χ0v) is 11.7. The number of hydrogen-bond donors (Lipinski definition) is 1. The molecule has 2 nitrogen and oxygen atoms in total. The Labute approximate surface area is 111 Å². The maximum absolute atomic E-state index is 3.65. The molecule has 0 spiro atoms.